The molecule has 0 aliphatic carbocycles. The van der Waals surface area contributed by atoms with Gasteiger partial charge in [-0.3, -0.25) is 4.99 Å². The van der Waals surface area contributed by atoms with E-state index in [4.69, 9.17) is 0 Å². The Morgan fingerprint density at radius 2 is 2.14 bits per heavy atom. The molecule has 22 heavy (non-hydrogen) atoms. The van der Waals surface area contributed by atoms with Gasteiger partial charge < -0.3 is 10.2 Å². The lowest BCUT2D eigenvalue weighted by Gasteiger charge is -2.21. The Balaban J connectivity index is 0.00000242. The zero-order valence-electron chi connectivity index (χ0n) is 13.3. The molecular weight excluding hydrogens is 425 g/mol. The Bertz CT molecular complexity index is 442. The van der Waals surface area contributed by atoms with Gasteiger partial charge in [0.15, 0.2) is 5.96 Å². The first-order valence-electron chi connectivity index (χ1n) is 7.46. The van der Waals surface area contributed by atoms with Crippen molar-refractivity contribution < 1.29 is 0 Å². The van der Waals surface area contributed by atoms with Crippen LogP contribution in [0, 0.1) is 5.92 Å². The van der Waals surface area contributed by atoms with E-state index in [0.717, 1.165) is 37.3 Å². The molecule has 3 nitrogen and oxygen atoms in total. The van der Waals surface area contributed by atoms with Gasteiger partial charge in [0.25, 0.3) is 0 Å². The summed E-state index contributed by atoms with van der Waals surface area (Å²) in [6, 6.07) is 10.7. The lowest BCUT2D eigenvalue weighted by atomic mass is 10.2. The van der Waals surface area contributed by atoms with Crippen LogP contribution < -0.4 is 5.32 Å². The third kappa shape index (κ3) is 6.58. The predicted molar refractivity (Wildman–Crippen MR) is 112 cm³/mol. The summed E-state index contributed by atoms with van der Waals surface area (Å²) in [7, 11) is 1.88. The molecule has 1 aromatic carbocycles. The SMILES string of the molecule is CN=C(NCCSC)N1CCC(CSc2ccccc2)C1.I. The van der Waals surface area contributed by atoms with E-state index in [-0.39, 0.29) is 24.0 Å². The summed E-state index contributed by atoms with van der Waals surface area (Å²) >= 11 is 3.83. The number of hydrogen-bond donors (Lipinski definition) is 1. The summed E-state index contributed by atoms with van der Waals surface area (Å²) in [6.45, 7) is 3.24. The molecule has 0 aromatic heterocycles. The fraction of sp³-hybridized carbons (Fsp3) is 0.562. The van der Waals surface area contributed by atoms with Gasteiger partial charge in [-0.15, -0.1) is 35.7 Å². The van der Waals surface area contributed by atoms with Gasteiger partial charge in [-0.25, -0.2) is 0 Å². The quantitative estimate of drug-likeness (QED) is 0.235. The number of nitrogens with zero attached hydrogens (tertiary/aromatic N) is 2. The highest BCUT2D eigenvalue weighted by Crippen LogP contribution is 2.25. The maximum Gasteiger partial charge on any atom is 0.193 e. The molecular formula is C16H26IN3S2. The van der Waals surface area contributed by atoms with Crippen LogP contribution in [-0.2, 0) is 0 Å². The van der Waals surface area contributed by atoms with Gasteiger partial charge in [-0.2, -0.15) is 11.8 Å². The Morgan fingerprint density at radius 1 is 1.36 bits per heavy atom. The van der Waals surface area contributed by atoms with Crippen molar-refractivity contribution in [2.75, 3.05) is 44.4 Å². The molecule has 0 spiro atoms. The molecule has 1 heterocycles. The molecule has 1 N–H and O–H groups in total. The number of thioether (sulfide) groups is 2. The van der Waals surface area contributed by atoms with Gasteiger partial charge in [-0.1, -0.05) is 18.2 Å². The molecule has 0 amide bonds. The van der Waals surface area contributed by atoms with Crippen molar-refractivity contribution in [3.05, 3.63) is 30.3 Å². The summed E-state index contributed by atoms with van der Waals surface area (Å²) in [5.74, 6) is 4.15. The third-order valence-electron chi connectivity index (χ3n) is 3.62. The highest BCUT2D eigenvalue weighted by molar-refractivity contribution is 14.0. The minimum absolute atomic E-state index is 0. The van der Waals surface area contributed by atoms with Crippen molar-refractivity contribution in [3.63, 3.8) is 0 Å². The molecule has 1 atom stereocenters. The minimum atomic E-state index is 0. The number of likely N-dealkylation sites (tertiary alicyclic amines) is 1. The van der Waals surface area contributed by atoms with Crippen LogP contribution in [0.25, 0.3) is 0 Å². The topological polar surface area (TPSA) is 27.6 Å². The van der Waals surface area contributed by atoms with Gasteiger partial charge in [0.2, 0.25) is 0 Å². The minimum Gasteiger partial charge on any atom is -0.355 e. The number of hydrogen-bond acceptors (Lipinski definition) is 3. The maximum absolute atomic E-state index is 4.41. The van der Waals surface area contributed by atoms with E-state index in [1.807, 2.05) is 30.6 Å². The Hall–Kier alpha value is -0.0800. The summed E-state index contributed by atoms with van der Waals surface area (Å²) in [5.41, 5.74) is 0. The number of nitrogens with one attached hydrogen (secondary N) is 1. The van der Waals surface area contributed by atoms with E-state index in [1.54, 1.807) is 0 Å². The lowest BCUT2D eigenvalue weighted by Crippen LogP contribution is -2.41. The molecule has 1 fully saturated rings. The number of aliphatic imine (C=N–C) groups is 1. The number of halogens is 1. The third-order valence-corrected chi connectivity index (χ3v) is 5.47. The van der Waals surface area contributed by atoms with Crippen LogP contribution in [0.1, 0.15) is 6.42 Å². The van der Waals surface area contributed by atoms with Gasteiger partial charge in [0.05, 0.1) is 0 Å². The second-order valence-corrected chi connectivity index (χ2v) is 7.27. The van der Waals surface area contributed by atoms with Crippen LogP contribution in [-0.4, -0.2) is 55.3 Å². The van der Waals surface area contributed by atoms with Gasteiger partial charge in [0.1, 0.15) is 0 Å². The Labute approximate surface area is 160 Å². The van der Waals surface area contributed by atoms with Crippen LogP contribution in [0.2, 0.25) is 0 Å². The molecule has 6 heteroatoms. The fourth-order valence-electron chi connectivity index (χ4n) is 2.49. The number of guanidine groups is 1. The maximum atomic E-state index is 4.41. The first-order valence-corrected chi connectivity index (χ1v) is 9.84. The van der Waals surface area contributed by atoms with Crippen molar-refractivity contribution in [1.29, 1.82) is 0 Å². The summed E-state index contributed by atoms with van der Waals surface area (Å²) < 4.78 is 0. The van der Waals surface area contributed by atoms with Crippen molar-refractivity contribution >= 4 is 53.5 Å². The normalized spacial score (nSPS) is 18.2. The van der Waals surface area contributed by atoms with Crippen LogP contribution in [0.5, 0.6) is 0 Å². The summed E-state index contributed by atoms with van der Waals surface area (Å²) in [4.78, 5) is 8.18. The zero-order chi connectivity index (χ0) is 14.9. The average Bonchev–Trinajstić information content (AvgIpc) is 2.99. The van der Waals surface area contributed by atoms with Crippen LogP contribution in [0.3, 0.4) is 0 Å². The van der Waals surface area contributed by atoms with Gasteiger partial charge >= 0.3 is 0 Å². The second kappa shape index (κ2) is 11.5. The molecule has 0 radical (unpaired) electrons. The lowest BCUT2D eigenvalue weighted by molar-refractivity contribution is 0.476. The van der Waals surface area contributed by atoms with E-state index < -0.39 is 0 Å². The molecule has 0 saturated carbocycles. The molecule has 1 aromatic rings. The van der Waals surface area contributed by atoms with E-state index in [2.05, 4.69) is 51.8 Å². The predicted octanol–water partition coefficient (Wildman–Crippen LogP) is 3.66. The monoisotopic (exact) mass is 451 g/mol. The van der Waals surface area contributed by atoms with E-state index in [9.17, 15) is 0 Å². The van der Waals surface area contributed by atoms with E-state index >= 15 is 0 Å². The molecule has 1 unspecified atom stereocenters. The smallest absolute Gasteiger partial charge is 0.193 e. The first kappa shape index (κ1) is 20.0. The Kier molecular flexibility index (Phi) is 10.4. The summed E-state index contributed by atoms with van der Waals surface area (Å²) in [5, 5.41) is 3.45. The average molecular weight is 451 g/mol. The Morgan fingerprint density at radius 3 is 2.82 bits per heavy atom. The molecule has 1 aliphatic heterocycles. The first-order chi connectivity index (χ1) is 10.3. The zero-order valence-corrected chi connectivity index (χ0v) is 17.3. The van der Waals surface area contributed by atoms with Crippen molar-refractivity contribution in [2.45, 2.75) is 11.3 Å². The van der Waals surface area contributed by atoms with Crippen molar-refractivity contribution in [1.82, 2.24) is 10.2 Å². The molecule has 2 rings (SSSR count). The summed E-state index contributed by atoms with van der Waals surface area (Å²) in [6.07, 6.45) is 3.40. The second-order valence-electron chi connectivity index (χ2n) is 5.19. The van der Waals surface area contributed by atoms with Gasteiger partial charge in [-0.05, 0) is 30.7 Å². The molecule has 124 valence electrons. The number of benzene rings is 1. The van der Waals surface area contributed by atoms with Crippen molar-refractivity contribution in [3.8, 4) is 0 Å². The molecule has 1 saturated heterocycles. The van der Waals surface area contributed by atoms with Crippen LogP contribution in [0.15, 0.2) is 40.2 Å². The van der Waals surface area contributed by atoms with Crippen LogP contribution >= 0.6 is 47.5 Å². The van der Waals surface area contributed by atoms with Crippen LogP contribution in [0.4, 0.5) is 0 Å². The van der Waals surface area contributed by atoms with Crippen molar-refractivity contribution in [2.24, 2.45) is 10.9 Å². The fourth-order valence-corrected chi connectivity index (χ4v) is 3.85. The molecule has 1 aliphatic rings. The van der Waals surface area contributed by atoms with E-state index in [1.165, 1.54) is 17.1 Å². The highest BCUT2D eigenvalue weighted by Gasteiger charge is 2.24. The highest BCUT2D eigenvalue weighted by atomic mass is 127. The number of rotatable bonds is 6. The standard InChI is InChI=1S/C16H25N3S2.HI/c1-17-16(18-9-11-20-2)19-10-8-14(12-19)13-21-15-6-4-3-5-7-15;/h3-7,14H,8-13H2,1-2H3,(H,17,18);1H. The molecule has 0 bridgehead atoms. The largest absolute Gasteiger partial charge is 0.355 e. The van der Waals surface area contributed by atoms with Gasteiger partial charge in [0, 0.05) is 43.1 Å². The van der Waals surface area contributed by atoms with E-state index in [0.29, 0.717) is 0 Å².